The lowest BCUT2D eigenvalue weighted by Gasteiger charge is -2.08. The van der Waals surface area contributed by atoms with Gasteiger partial charge in [-0.15, -0.1) is 11.8 Å². The van der Waals surface area contributed by atoms with Crippen LogP contribution in [0.1, 0.15) is 12.8 Å². The van der Waals surface area contributed by atoms with E-state index in [1.165, 1.54) is 12.8 Å². The average Bonchev–Trinajstić information content (AvgIpc) is 2.67. The Bertz CT molecular complexity index is 302. The Kier molecular flexibility index (Phi) is 3.61. The van der Waals surface area contributed by atoms with Gasteiger partial charge in [0.15, 0.2) is 0 Å². The highest BCUT2D eigenvalue weighted by molar-refractivity contribution is 7.99. The second-order valence-electron chi connectivity index (χ2n) is 3.27. The quantitative estimate of drug-likeness (QED) is 0.489. The van der Waals surface area contributed by atoms with Crippen LogP contribution in [-0.4, -0.2) is 28.3 Å². The molecule has 0 aliphatic carbocycles. The van der Waals surface area contributed by atoms with E-state index in [2.05, 4.69) is 15.3 Å². The van der Waals surface area contributed by atoms with Gasteiger partial charge >= 0.3 is 0 Å². The maximum absolute atomic E-state index is 5.69. The van der Waals surface area contributed by atoms with Gasteiger partial charge in [0.2, 0.25) is 5.28 Å². The molecule has 0 radical (unpaired) electrons. The van der Waals surface area contributed by atoms with Crippen LogP contribution in [0.5, 0.6) is 0 Å². The molecule has 1 fully saturated rings. The molecule has 1 aliphatic rings. The Labute approximate surface area is 92.7 Å². The third-order valence-electron chi connectivity index (χ3n) is 2.20. The summed E-state index contributed by atoms with van der Waals surface area (Å²) in [5, 5.41) is 4.73. The number of nitrogens with one attached hydrogen (secondary N) is 1. The molecule has 1 aromatic rings. The normalized spacial score (nSPS) is 21.4. The Morgan fingerprint density at radius 3 is 3.29 bits per heavy atom. The molecule has 1 N–H and O–H groups in total. The molecule has 0 bridgehead atoms. The molecular weight excluding hydrogens is 218 g/mol. The van der Waals surface area contributed by atoms with Crippen molar-refractivity contribution in [1.82, 2.24) is 15.3 Å². The number of hydrogen-bond donors (Lipinski definition) is 1. The van der Waals surface area contributed by atoms with Crippen LogP contribution in [0, 0.1) is 0 Å². The van der Waals surface area contributed by atoms with E-state index in [0.717, 1.165) is 17.3 Å². The maximum atomic E-state index is 5.69. The van der Waals surface area contributed by atoms with Crippen LogP contribution in [0.3, 0.4) is 0 Å². The van der Waals surface area contributed by atoms with Crippen molar-refractivity contribution in [2.45, 2.75) is 23.9 Å². The van der Waals surface area contributed by atoms with Crippen LogP contribution < -0.4 is 5.32 Å². The van der Waals surface area contributed by atoms with Gasteiger partial charge in [-0.2, -0.15) is 0 Å². The van der Waals surface area contributed by atoms with Gasteiger partial charge < -0.3 is 5.32 Å². The van der Waals surface area contributed by atoms with Crippen molar-refractivity contribution in [3.63, 3.8) is 0 Å². The fourth-order valence-electron chi connectivity index (χ4n) is 1.48. The third kappa shape index (κ3) is 2.83. The number of halogens is 1. The van der Waals surface area contributed by atoms with Crippen molar-refractivity contribution < 1.29 is 0 Å². The first-order valence-corrected chi connectivity index (χ1v) is 6.06. The lowest BCUT2D eigenvalue weighted by Crippen LogP contribution is -2.23. The molecule has 76 valence electrons. The minimum atomic E-state index is 0.328. The molecule has 1 aliphatic heterocycles. The molecule has 0 unspecified atom stereocenters. The summed E-state index contributed by atoms with van der Waals surface area (Å²) >= 11 is 7.42. The molecule has 0 saturated carbocycles. The maximum Gasteiger partial charge on any atom is 0.223 e. The topological polar surface area (TPSA) is 37.8 Å². The number of nitrogens with zero attached hydrogens (tertiary/aromatic N) is 2. The van der Waals surface area contributed by atoms with Gasteiger partial charge in [0, 0.05) is 18.0 Å². The minimum Gasteiger partial charge on any atom is -0.313 e. The Hall–Kier alpha value is -0.320. The van der Waals surface area contributed by atoms with Crippen LogP contribution in [-0.2, 0) is 0 Å². The highest BCUT2D eigenvalue weighted by atomic mass is 35.5. The Morgan fingerprint density at radius 1 is 1.64 bits per heavy atom. The van der Waals surface area contributed by atoms with E-state index in [-0.39, 0.29) is 0 Å². The number of rotatable bonds is 3. The van der Waals surface area contributed by atoms with Gasteiger partial charge in [0.25, 0.3) is 0 Å². The van der Waals surface area contributed by atoms with Crippen molar-refractivity contribution in [1.29, 1.82) is 0 Å². The molecule has 1 saturated heterocycles. The zero-order valence-corrected chi connectivity index (χ0v) is 9.31. The first kappa shape index (κ1) is 10.2. The minimum absolute atomic E-state index is 0.328. The predicted octanol–water partition coefficient (Wildman–Crippen LogP) is 1.97. The Morgan fingerprint density at radius 2 is 2.57 bits per heavy atom. The summed E-state index contributed by atoms with van der Waals surface area (Å²) in [7, 11) is 0. The fraction of sp³-hybridized carbons (Fsp3) is 0.556. The van der Waals surface area contributed by atoms with Crippen molar-refractivity contribution in [3.8, 4) is 0 Å². The van der Waals surface area contributed by atoms with Gasteiger partial charge in [-0.1, -0.05) is 0 Å². The molecular formula is C9H12ClN3S. The first-order chi connectivity index (χ1) is 6.84. The smallest absolute Gasteiger partial charge is 0.223 e. The van der Waals surface area contributed by atoms with Crippen LogP contribution in [0.2, 0.25) is 5.28 Å². The first-order valence-electron chi connectivity index (χ1n) is 4.69. The fourth-order valence-corrected chi connectivity index (χ4v) is 2.65. The van der Waals surface area contributed by atoms with Crippen LogP contribution in [0.25, 0.3) is 0 Å². The van der Waals surface area contributed by atoms with E-state index in [0.29, 0.717) is 11.3 Å². The second-order valence-corrected chi connectivity index (χ2v) is 4.65. The molecule has 1 aromatic heterocycles. The summed E-state index contributed by atoms with van der Waals surface area (Å²) in [5.41, 5.74) is 0. The average molecular weight is 230 g/mol. The molecule has 3 nitrogen and oxygen atoms in total. The summed E-state index contributed by atoms with van der Waals surface area (Å²) in [5.74, 6) is 1.06. The van der Waals surface area contributed by atoms with Gasteiger partial charge in [-0.25, -0.2) is 9.97 Å². The lowest BCUT2D eigenvalue weighted by atomic mass is 10.3. The number of hydrogen-bond acceptors (Lipinski definition) is 4. The number of thioether (sulfide) groups is 1. The van der Waals surface area contributed by atoms with Crippen molar-refractivity contribution in [2.24, 2.45) is 0 Å². The zero-order valence-electron chi connectivity index (χ0n) is 7.74. The highest BCUT2D eigenvalue weighted by Crippen LogP contribution is 2.19. The second kappa shape index (κ2) is 4.96. The van der Waals surface area contributed by atoms with Crippen LogP contribution in [0.4, 0.5) is 0 Å². The molecule has 0 spiro atoms. The molecule has 5 heteroatoms. The van der Waals surface area contributed by atoms with E-state index < -0.39 is 0 Å². The van der Waals surface area contributed by atoms with E-state index in [9.17, 15) is 0 Å². The van der Waals surface area contributed by atoms with Gasteiger partial charge in [-0.05, 0) is 37.1 Å². The van der Waals surface area contributed by atoms with E-state index in [4.69, 9.17) is 11.6 Å². The summed E-state index contributed by atoms with van der Waals surface area (Å²) in [6.45, 7) is 1.15. The highest BCUT2D eigenvalue weighted by Gasteiger charge is 2.14. The van der Waals surface area contributed by atoms with E-state index >= 15 is 0 Å². The molecule has 0 aromatic carbocycles. The van der Waals surface area contributed by atoms with Crippen molar-refractivity contribution >= 4 is 23.4 Å². The summed E-state index contributed by atoms with van der Waals surface area (Å²) in [4.78, 5) is 7.97. The monoisotopic (exact) mass is 229 g/mol. The van der Waals surface area contributed by atoms with E-state index in [1.54, 1.807) is 18.0 Å². The largest absolute Gasteiger partial charge is 0.313 e. The molecule has 2 rings (SSSR count). The number of aromatic nitrogens is 2. The van der Waals surface area contributed by atoms with Crippen LogP contribution in [0.15, 0.2) is 17.3 Å². The van der Waals surface area contributed by atoms with Crippen molar-refractivity contribution in [3.05, 3.63) is 17.5 Å². The summed E-state index contributed by atoms with van der Waals surface area (Å²) in [6, 6.07) is 2.53. The molecule has 2 heterocycles. The summed E-state index contributed by atoms with van der Waals surface area (Å²) < 4.78 is 0. The van der Waals surface area contributed by atoms with E-state index in [1.807, 2.05) is 6.07 Å². The third-order valence-corrected chi connectivity index (χ3v) is 3.47. The van der Waals surface area contributed by atoms with Gasteiger partial charge in [0.1, 0.15) is 5.03 Å². The van der Waals surface area contributed by atoms with Gasteiger partial charge in [0.05, 0.1) is 0 Å². The van der Waals surface area contributed by atoms with Crippen molar-refractivity contribution in [2.75, 3.05) is 12.3 Å². The lowest BCUT2D eigenvalue weighted by molar-refractivity contribution is 0.673. The summed E-state index contributed by atoms with van der Waals surface area (Å²) in [6.07, 6.45) is 4.25. The standard InChI is InChI=1S/C9H12ClN3S/c10-9-12-5-3-8(13-9)14-6-7-2-1-4-11-7/h3,5,7,11H,1-2,4,6H2/t7-/m0/s1. The molecule has 1 atom stereocenters. The Balaban J connectivity index is 1.85. The SMILES string of the molecule is Clc1nccc(SC[C@@H]2CCCN2)n1. The molecule has 0 amide bonds. The predicted molar refractivity (Wildman–Crippen MR) is 58.8 cm³/mol. The zero-order chi connectivity index (χ0) is 9.80. The molecule has 14 heavy (non-hydrogen) atoms. The van der Waals surface area contributed by atoms with Gasteiger partial charge in [-0.3, -0.25) is 0 Å². The van der Waals surface area contributed by atoms with Crippen LogP contribution >= 0.6 is 23.4 Å².